The van der Waals surface area contributed by atoms with Gasteiger partial charge < -0.3 is 0 Å². The summed E-state index contributed by atoms with van der Waals surface area (Å²) in [6, 6.07) is 72.6. The molecular formula is C53H35Si. The molecule has 251 valence electrons. The smallest absolute Gasteiger partial charge is 0.0628 e. The lowest BCUT2D eigenvalue weighted by molar-refractivity contribution is 1.62. The number of fused-ring (bicyclic) bond motifs is 3. The molecule has 0 N–H and O–H groups in total. The first kappa shape index (κ1) is 31.0. The van der Waals surface area contributed by atoms with Gasteiger partial charge in [0.25, 0.3) is 0 Å². The van der Waals surface area contributed by atoms with Gasteiger partial charge >= 0.3 is 0 Å². The quantitative estimate of drug-likeness (QED) is 0.0953. The molecule has 1 radical (unpaired) electrons. The zero-order valence-electron chi connectivity index (χ0n) is 30.0. The van der Waals surface area contributed by atoms with Gasteiger partial charge in [-0.05, 0) is 115 Å². The van der Waals surface area contributed by atoms with Crippen molar-refractivity contribution < 1.29 is 0 Å². The molecule has 11 rings (SSSR count). The van der Waals surface area contributed by atoms with Gasteiger partial charge in [-0.1, -0.05) is 194 Å². The molecule has 0 heterocycles. The standard InChI is InChI=1S/C53H35Si/c1-54(49-31-27-38-22-21-36-12-8-13-37-26-30-48(49)53(38)50(36)37)43-28-24-35(25-29-43)40-14-9-15-41(32-40)51-44-16-4-6-18-46(44)52(47-19-7-5-17-45(47)51)42-23-20-34-10-2-3-11-39(34)33-42/h2-33H,1H3. The minimum absolute atomic E-state index is 1.00. The molecule has 0 bridgehead atoms. The molecule has 0 amide bonds. The largest absolute Gasteiger partial charge is 0.119 e. The fourth-order valence-electron chi connectivity index (χ4n) is 9.08. The Kier molecular flexibility index (Phi) is 7.05. The minimum atomic E-state index is -1.00. The van der Waals surface area contributed by atoms with Gasteiger partial charge in [0, 0.05) is 0 Å². The summed E-state index contributed by atoms with van der Waals surface area (Å²) in [7, 11) is -1.00. The molecule has 0 saturated heterocycles. The zero-order chi connectivity index (χ0) is 35.8. The number of rotatable bonds is 5. The van der Waals surface area contributed by atoms with Crippen molar-refractivity contribution in [3.05, 3.63) is 194 Å². The third-order valence-electron chi connectivity index (χ3n) is 11.7. The molecule has 11 aromatic rings. The maximum absolute atomic E-state index is 2.45. The molecule has 0 atom stereocenters. The topological polar surface area (TPSA) is 0 Å². The van der Waals surface area contributed by atoms with Gasteiger partial charge in [0.15, 0.2) is 0 Å². The third kappa shape index (κ3) is 4.82. The Bertz CT molecular complexity index is 3150. The first-order valence-electron chi connectivity index (χ1n) is 18.8. The SMILES string of the molecule is C[Si](c1ccc(-c2cccc(-c3c4ccccc4c(-c4ccc5ccccc5c4)c4ccccc34)c2)cc1)c1ccc2ccc3cccc4ccc1c2c34. The Balaban J connectivity index is 0.999. The van der Waals surface area contributed by atoms with Crippen LogP contribution in [0, 0.1) is 0 Å². The summed E-state index contributed by atoms with van der Waals surface area (Å²) in [4.78, 5) is 0. The van der Waals surface area contributed by atoms with E-state index < -0.39 is 8.80 Å². The highest BCUT2D eigenvalue weighted by molar-refractivity contribution is 6.86. The van der Waals surface area contributed by atoms with Crippen molar-refractivity contribution in [2.45, 2.75) is 6.55 Å². The summed E-state index contributed by atoms with van der Waals surface area (Å²) in [6.45, 7) is 2.45. The maximum Gasteiger partial charge on any atom is 0.119 e. The van der Waals surface area contributed by atoms with Crippen molar-refractivity contribution in [3.63, 3.8) is 0 Å². The second kappa shape index (κ2) is 12.3. The van der Waals surface area contributed by atoms with Crippen molar-refractivity contribution in [2.75, 3.05) is 0 Å². The van der Waals surface area contributed by atoms with Gasteiger partial charge in [-0.25, -0.2) is 0 Å². The maximum atomic E-state index is 2.45. The van der Waals surface area contributed by atoms with Crippen LogP contribution in [0.3, 0.4) is 0 Å². The lowest BCUT2D eigenvalue weighted by Crippen LogP contribution is -2.39. The van der Waals surface area contributed by atoms with Gasteiger partial charge in [0.05, 0.1) is 0 Å². The van der Waals surface area contributed by atoms with Crippen LogP contribution in [0.2, 0.25) is 6.55 Å². The van der Waals surface area contributed by atoms with Crippen LogP contribution in [-0.4, -0.2) is 8.80 Å². The average molecular weight is 700 g/mol. The molecule has 0 aliphatic rings. The highest BCUT2D eigenvalue weighted by atomic mass is 28.3. The van der Waals surface area contributed by atoms with Gasteiger partial charge in [-0.3, -0.25) is 0 Å². The van der Waals surface area contributed by atoms with Crippen LogP contribution in [0.15, 0.2) is 194 Å². The van der Waals surface area contributed by atoms with E-state index >= 15 is 0 Å². The summed E-state index contributed by atoms with van der Waals surface area (Å²) in [5, 5.41) is 18.7. The molecule has 0 saturated carbocycles. The van der Waals surface area contributed by atoms with Crippen LogP contribution in [0.25, 0.3) is 98.0 Å². The van der Waals surface area contributed by atoms with E-state index in [2.05, 4.69) is 201 Å². The van der Waals surface area contributed by atoms with E-state index in [-0.39, 0.29) is 0 Å². The zero-order valence-corrected chi connectivity index (χ0v) is 31.0. The molecule has 0 fully saturated rings. The minimum Gasteiger partial charge on any atom is -0.0628 e. The van der Waals surface area contributed by atoms with E-state index in [9.17, 15) is 0 Å². The Labute approximate surface area is 316 Å². The highest BCUT2D eigenvalue weighted by Crippen LogP contribution is 2.44. The summed E-state index contributed by atoms with van der Waals surface area (Å²) in [5.41, 5.74) is 7.55. The van der Waals surface area contributed by atoms with Gasteiger partial charge in [0.2, 0.25) is 0 Å². The van der Waals surface area contributed by atoms with Crippen LogP contribution in [-0.2, 0) is 0 Å². The van der Waals surface area contributed by atoms with Crippen molar-refractivity contribution in [2.24, 2.45) is 0 Å². The molecule has 0 aliphatic carbocycles. The Morgan fingerprint density at radius 3 is 1.46 bits per heavy atom. The van der Waals surface area contributed by atoms with Gasteiger partial charge in [-0.15, -0.1) is 0 Å². The lowest BCUT2D eigenvalue weighted by atomic mass is 9.85. The Morgan fingerprint density at radius 2 is 0.778 bits per heavy atom. The predicted molar refractivity (Wildman–Crippen MR) is 236 cm³/mol. The number of hydrogen-bond acceptors (Lipinski definition) is 0. The van der Waals surface area contributed by atoms with Gasteiger partial charge in [-0.2, -0.15) is 0 Å². The Morgan fingerprint density at radius 1 is 0.296 bits per heavy atom. The van der Waals surface area contributed by atoms with Crippen molar-refractivity contribution in [1.29, 1.82) is 0 Å². The van der Waals surface area contributed by atoms with Crippen molar-refractivity contribution in [3.8, 4) is 33.4 Å². The predicted octanol–water partition coefficient (Wildman–Crippen LogP) is 13.3. The third-order valence-corrected chi connectivity index (χ3v) is 14.1. The van der Waals surface area contributed by atoms with E-state index in [1.165, 1.54) is 108 Å². The molecular weight excluding hydrogens is 665 g/mol. The van der Waals surface area contributed by atoms with E-state index in [1.54, 1.807) is 0 Å². The summed E-state index contributed by atoms with van der Waals surface area (Å²) < 4.78 is 0. The van der Waals surface area contributed by atoms with Crippen LogP contribution < -0.4 is 10.4 Å². The van der Waals surface area contributed by atoms with Crippen LogP contribution in [0.1, 0.15) is 0 Å². The molecule has 11 aromatic carbocycles. The van der Waals surface area contributed by atoms with E-state index in [1.807, 2.05) is 0 Å². The molecule has 0 aromatic heterocycles. The van der Waals surface area contributed by atoms with E-state index in [0.717, 1.165) is 0 Å². The molecule has 54 heavy (non-hydrogen) atoms. The monoisotopic (exact) mass is 699 g/mol. The fourth-order valence-corrected chi connectivity index (χ4v) is 11.0. The average Bonchev–Trinajstić information content (AvgIpc) is 3.24. The molecule has 0 unspecified atom stereocenters. The first-order valence-corrected chi connectivity index (χ1v) is 20.8. The fraction of sp³-hybridized carbons (Fsp3) is 0.0189. The summed E-state index contributed by atoms with van der Waals surface area (Å²) in [5.74, 6) is 0. The van der Waals surface area contributed by atoms with Gasteiger partial charge in [0.1, 0.15) is 8.80 Å². The lowest BCUT2D eigenvalue weighted by Gasteiger charge is -2.19. The Hall–Kier alpha value is -6.54. The first-order chi connectivity index (χ1) is 26.7. The molecule has 0 spiro atoms. The van der Waals surface area contributed by atoms with Crippen molar-refractivity contribution in [1.82, 2.24) is 0 Å². The van der Waals surface area contributed by atoms with Crippen LogP contribution in [0.5, 0.6) is 0 Å². The highest BCUT2D eigenvalue weighted by Gasteiger charge is 2.19. The number of hydrogen-bond donors (Lipinski definition) is 0. The molecule has 0 nitrogen and oxygen atoms in total. The van der Waals surface area contributed by atoms with Crippen LogP contribution >= 0.6 is 0 Å². The second-order valence-electron chi connectivity index (χ2n) is 14.7. The summed E-state index contributed by atoms with van der Waals surface area (Å²) in [6.07, 6.45) is 0. The van der Waals surface area contributed by atoms with E-state index in [4.69, 9.17) is 0 Å². The second-order valence-corrected chi connectivity index (χ2v) is 17.0. The summed E-state index contributed by atoms with van der Waals surface area (Å²) >= 11 is 0. The number of benzene rings is 11. The van der Waals surface area contributed by atoms with E-state index in [0.29, 0.717) is 0 Å². The molecule has 0 aliphatic heterocycles. The van der Waals surface area contributed by atoms with Crippen molar-refractivity contribution >= 4 is 83.8 Å². The molecule has 1 heteroatoms. The van der Waals surface area contributed by atoms with Crippen LogP contribution in [0.4, 0.5) is 0 Å². The normalized spacial score (nSPS) is 12.0.